The lowest BCUT2D eigenvalue weighted by atomic mass is 9.81. The molecule has 2 aliphatic rings. The lowest BCUT2D eigenvalue weighted by Crippen LogP contribution is -2.37. The lowest BCUT2D eigenvalue weighted by molar-refractivity contribution is -0.137. The first kappa shape index (κ1) is 25.3. The average molecular weight is 455 g/mol. The van der Waals surface area contributed by atoms with Gasteiger partial charge in [-0.3, -0.25) is 4.79 Å². The number of hydrogen-bond acceptors (Lipinski definition) is 2. The molecule has 33 heavy (non-hydrogen) atoms. The molecule has 0 bridgehead atoms. The van der Waals surface area contributed by atoms with E-state index in [0.717, 1.165) is 24.8 Å². The van der Waals surface area contributed by atoms with Crippen LogP contribution in [0.2, 0.25) is 0 Å². The number of urea groups is 1. The number of nitrogens with one attached hydrogen (secondary N) is 1. The van der Waals surface area contributed by atoms with Gasteiger partial charge in [0.25, 0.3) is 0 Å². The van der Waals surface area contributed by atoms with Crippen molar-refractivity contribution in [3.63, 3.8) is 0 Å². The van der Waals surface area contributed by atoms with Crippen molar-refractivity contribution < 1.29 is 14.7 Å². The first-order valence-corrected chi connectivity index (χ1v) is 12.7. The fourth-order valence-corrected chi connectivity index (χ4v) is 5.07. The van der Waals surface area contributed by atoms with E-state index in [1.54, 1.807) is 4.90 Å². The van der Waals surface area contributed by atoms with Crippen molar-refractivity contribution in [2.24, 2.45) is 11.3 Å². The molecule has 1 aromatic carbocycles. The van der Waals surface area contributed by atoms with E-state index in [2.05, 4.69) is 51.2 Å². The van der Waals surface area contributed by atoms with E-state index < -0.39 is 5.97 Å². The second-order valence-corrected chi connectivity index (χ2v) is 11.2. The molecule has 1 heterocycles. The Kier molecular flexibility index (Phi) is 8.61. The quantitative estimate of drug-likeness (QED) is 0.456. The monoisotopic (exact) mass is 454 g/mol. The Balaban J connectivity index is 1.79. The summed E-state index contributed by atoms with van der Waals surface area (Å²) in [5.41, 5.74) is 5.48. The normalized spacial score (nSPS) is 20.2. The maximum atomic E-state index is 13.1. The van der Waals surface area contributed by atoms with E-state index in [-0.39, 0.29) is 18.5 Å². The van der Waals surface area contributed by atoms with Crippen LogP contribution in [-0.2, 0) is 11.2 Å². The molecule has 2 N–H and O–H groups in total. The molecule has 1 atom stereocenters. The summed E-state index contributed by atoms with van der Waals surface area (Å²) >= 11 is 0. The molecule has 5 heteroatoms. The van der Waals surface area contributed by atoms with Crippen molar-refractivity contribution in [1.29, 1.82) is 0 Å². The molecule has 1 aliphatic carbocycles. The number of carboxylic acids is 1. The zero-order valence-corrected chi connectivity index (χ0v) is 21.0. The Hall–Kier alpha value is -2.30. The maximum absolute atomic E-state index is 13.1. The summed E-state index contributed by atoms with van der Waals surface area (Å²) in [5.74, 6) is -0.301. The second-order valence-electron chi connectivity index (χ2n) is 11.2. The highest BCUT2D eigenvalue weighted by atomic mass is 16.4. The number of rotatable bonds is 8. The van der Waals surface area contributed by atoms with Gasteiger partial charge >= 0.3 is 12.0 Å². The minimum Gasteiger partial charge on any atom is -0.481 e. The Labute approximate surface area is 199 Å². The summed E-state index contributed by atoms with van der Waals surface area (Å²) in [5, 5.41) is 12.3. The molecule has 1 aromatic rings. The van der Waals surface area contributed by atoms with Gasteiger partial charge < -0.3 is 15.3 Å². The van der Waals surface area contributed by atoms with Gasteiger partial charge in [0, 0.05) is 19.2 Å². The lowest BCUT2D eigenvalue weighted by Gasteiger charge is -2.26. The highest BCUT2D eigenvalue weighted by Gasteiger charge is 2.28. The Morgan fingerprint density at radius 1 is 1.18 bits per heavy atom. The van der Waals surface area contributed by atoms with Gasteiger partial charge in [0.2, 0.25) is 0 Å². The van der Waals surface area contributed by atoms with Crippen LogP contribution >= 0.6 is 0 Å². The van der Waals surface area contributed by atoms with Gasteiger partial charge in [-0.15, -0.1) is 0 Å². The highest BCUT2D eigenvalue weighted by Crippen LogP contribution is 2.37. The third-order valence-corrected chi connectivity index (χ3v) is 7.15. The summed E-state index contributed by atoms with van der Waals surface area (Å²) in [6, 6.07) is 6.51. The molecule has 1 unspecified atom stereocenters. The van der Waals surface area contributed by atoms with Crippen LogP contribution in [0, 0.1) is 18.3 Å². The summed E-state index contributed by atoms with van der Waals surface area (Å²) in [4.78, 5) is 25.8. The molecule has 0 aromatic heterocycles. The Morgan fingerprint density at radius 2 is 1.91 bits per heavy atom. The summed E-state index contributed by atoms with van der Waals surface area (Å²) in [6.07, 6.45) is 11.8. The van der Waals surface area contributed by atoms with E-state index in [1.807, 2.05) is 6.20 Å². The summed E-state index contributed by atoms with van der Waals surface area (Å²) < 4.78 is 0. The molecular weight excluding hydrogens is 412 g/mol. The Bertz CT molecular complexity index is 862. The molecule has 0 saturated heterocycles. The fraction of sp³-hybridized carbons (Fsp3) is 0.643. The topological polar surface area (TPSA) is 69.6 Å². The van der Waals surface area contributed by atoms with Crippen molar-refractivity contribution >= 4 is 12.0 Å². The number of hydrogen-bond donors (Lipinski definition) is 2. The molecular formula is C28H42N2O3. The molecule has 3 rings (SSSR count). The van der Waals surface area contributed by atoms with Gasteiger partial charge in [-0.1, -0.05) is 58.2 Å². The van der Waals surface area contributed by atoms with Gasteiger partial charge in [-0.25, -0.2) is 4.79 Å². The zero-order chi connectivity index (χ0) is 24.0. The number of aliphatic carboxylic acids is 1. The van der Waals surface area contributed by atoms with Gasteiger partial charge in [0.15, 0.2) is 0 Å². The zero-order valence-electron chi connectivity index (χ0n) is 21.0. The predicted octanol–water partition coefficient (Wildman–Crippen LogP) is 6.76. The standard InChI is InChI=1S/C28H42N2O3/c1-20-17-23(13-12-21(20)14-15-28(2,3)4)25-18-24(22-9-6-5-7-10-22)19-30(27(33)29-25)16-8-11-26(31)32/h12-13,17,19,22,25H,5-11,14-16,18H2,1-4H3,(H,29,33)(H,31,32). The van der Waals surface area contributed by atoms with Crippen molar-refractivity contribution in [1.82, 2.24) is 10.2 Å². The van der Waals surface area contributed by atoms with Crippen LogP contribution in [0.4, 0.5) is 4.79 Å². The molecule has 1 saturated carbocycles. The van der Waals surface area contributed by atoms with Crippen molar-refractivity contribution in [3.8, 4) is 0 Å². The number of carbonyl (C=O) groups is 2. The van der Waals surface area contributed by atoms with Crippen LogP contribution in [0.25, 0.3) is 0 Å². The van der Waals surface area contributed by atoms with Crippen LogP contribution in [0.15, 0.2) is 30.0 Å². The van der Waals surface area contributed by atoms with E-state index in [1.165, 1.54) is 48.8 Å². The number of carboxylic acid groups (broad SMARTS) is 1. The van der Waals surface area contributed by atoms with Gasteiger partial charge in [-0.2, -0.15) is 0 Å². The number of carbonyl (C=O) groups excluding carboxylic acids is 1. The summed E-state index contributed by atoms with van der Waals surface area (Å²) in [7, 11) is 0. The minimum atomic E-state index is -0.818. The average Bonchev–Trinajstić information content (AvgIpc) is 2.92. The molecule has 2 amide bonds. The Morgan fingerprint density at radius 3 is 2.55 bits per heavy atom. The second kappa shape index (κ2) is 11.2. The first-order chi connectivity index (χ1) is 15.6. The van der Waals surface area contributed by atoms with Gasteiger partial charge in [0.1, 0.15) is 0 Å². The maximum Gasteiger partial charge on any atom is 0.321 e. The number of nitrogens with zero attached hydrogens (tertiary/aromatic N) is 1. The van der Waals surface area contributed by atoms with Gasteiger partial charge in [0.05, 0.1) is 6.04 Å². The number of amides is 2. The van der Waals surface area contributed by atoms with E-state index >= 15 is 0 Å². The van der Waals surface area contributed by atoms with Crippen molar-refractivity contribution in [2.45, 2.75) is 97.9 Å². The third kappa shape index (κ3) is 7.62. The molecule has 0 spiro atoms. The van der Waals surface area contributed by atoms with Gasteiger partial charge in [-0.05, 0) is 79.0 Å². The molecule has 182 valence electrons. The van der Waals surface area contributed by atoms with Crippen LogP contribution in [0.5, 0.6) is 0 Å². The molecule has 5 nitrogen and oxygen atoms in total. The minimum absolute atomic E-state index is 0.0504. The van der Waals surface area contributed by atoms with E-state index in [9.17, 15) is 9.59 Å². The van der Waals surface area contributed by atoms with E-state index in [4.69, 9.17) is 5.11 Å². The van der Waals surface area contributed by atoms with E-state index in [0.29, 0.717) is 24.3 Å². The smallest absolute Gasteiger partial charge is 0.321 e. The molecule has 1 aliphatic heterocycles. The molecule has 0 radical (unpaired) electrons. The fourth-order valence-electron chi connectivity index (χ4n) is 5.07. The highest BCUT2D eigenvalue weighted by molar-refractivity contribution is 5.76. The van der Waals surface area contributed by atoms with Crippen molar-refractivity contribution in [3.05, 3.63) is 46.7 Å². The predicted molar refractivity (Wildman–Crippen MR) is 133 cm³/mol. The van der Waals surface area contributed by atoms with Crippen LogP contribution in [0.3, 0.4) is 0 Å². The SMILES string of the molecule is Cc1cc(C2CC(C3CCCCC3)=CN(CCCC(=O)O)C(=O)N2)ccc1CCC(C)(C)C. The number of aryl methyl sites for hydroxylation is 2. The van der Waals surface area contributed by atoms with Crippen LogP contribution < -0.4 is 5.32 Å². The summed E-state index contributed by atoms with van der Waals surface area (Å²) in [6.45, 7) is 9.44. The first-order valence-electron chi connectivity index (χ1n) is 12.7. The molecule has 1 fully saturated rings. The number of benzene rings is 1. The van der Waals surface area contributed by atoms with Crippen LogP contribution in [-0.4, -0.2) is 28.6 Å². The third-order valence-electron chi connectivity index (χ3n) is 7.15. The largest absolute Gasteiger partial charge is 0.481 e. The van der Waals surface area contributed by atoms with Crippen LogP contribution in [0.1, 0.15) is 101 Å². The van der Waals surface area contributed by atoms with Crippen molar-refractivity contribution in [2.75, 3.05) is 6.54 Å².